The Labute approximate surface area is 176 Å². The molecule has 1 aliphatic rings. The van der Waals surface area contributed by atoms with Gasteiger partial charge in [-0.25, -0.2) is 4.98 Å². The average Bonchev–Trinajstić information content (AvgIpc) is 3.54. The van der Waals surface area contributed by atoms with Crippen molar-refractivity contribution in [3.8, 4) is 0 Å². The molecule has 1 N–H and O–H groups in total. The van der Waals surface area contributed by atoms with Gasteiger partial charge >= 0.3 is 0 Å². The van der Waals surface area contributed by atoms with Gasteiger partial charge in [-0.05, 0) is 30.7 Å². The minimum atomic E-state index is -0.362. The Morgan fingerprint density at radius 2 is 1.67 bits per heavy atom. The molecule has 156 valence electrons. The molecule has 3 aromatic rings. The van der Waals surface area contributed by atoms with E-state index in [1.54, 1.807) is 34.1 Å². The average molecular weight is 428 g/mol. The normalized spacial score (nSPS) is 14.0. The molecule has 0 aliphatic carbocycles. The number of nitrogens with one attached hydrogen (secondary N) is 1. The molecular formula is C20H20N4O5S. The van der Waals surface area contributed by atoms with Crippen molar-refractivity contribution in [3.63, 3.8) is 0 Å². The maximum Gasteiger partial charge on any atom is 0.293 e. The number of rotatable bonds is 6. The summed E-state index contributed by atoms with van der Waals surface area (Å²) in [6.45, 7) is 1.94. The van der Waals surface area contributed by atoms with Crippen LogP contribution < -0.4 is 5.32 Å². The molecular weight excluding hydrogens is 408 g/mol. The molecule has 10 heteroatoms. The zero-order valence-corrected chi connectivity index (χ0v) is 16.9. The van der Waals surface area contributed by atoms with E-state index in [9.17, 15) is 14.4 Å². The Kier molecular flexibility index (Phi) is 5.94. The van der Waals surface area contributed by atoms with Crippen LogP contribution in [0.4, 0.5) is 5.13 Å². The number of nitrogens with zero attached hydrogens (tertiary/aromatic N) is 3. The third kappa shape index (κ3) is 4.60. The summed E-state index contributed by atoms with van der Waals surface area (Å²) in [4.78, 5) is 44.6. The largest absolute Gasteiger partial charge is 0.459 e. The van der Waals surface area contributed by atoms with Crippen LogP contribution >= 0.6 is 11.3 Å². The Balaban J connectivity index is 1.22. The summed E-state index contributed by atoms with van der Waals surface area (Å²) in [6, 6.07) is 6.53. The number of carbonyl (C=O) groups excluding carboxylic acids is 3. The van der Waals surface area contributed by atoms with Crippen molar-refractivity contribution in [3.05, 3.63) is 59.4 Å². The zero-order chi connectivity index (χ0) is 20.9. The third-order valence-electron chi connectivity index (χ3n) is 4.76. The summed E-state index contributed by atoms with van der Waals surface area (Å²) in [5.41, 5.74) is 0.745. The van der Waals surface area contributed by atoms with Gasteiger partial charge in [-0.1, -0.05) is 0 Å². The molecule has 4 heterocycles. The Hall–Kier alpha value is -3.40. The second kappa shape index (κ2) is 8.95. The van der Waals surface area contributed by atoms with E-state index in [4.69, 9.17) is 8.83 Å². The van der Waals surface area contributed by atoms with Crippen molar-refractivity contribution in [2.24, 2.45) is 0 Å². The van der Waals surface area contributed by atoms with Crippen LogP contribution in [0.15, 0.2) is 51.0 Å². The minimum absolute atomic E-state index is 0.0225. The molecule has 3 amide bonds. The molecule has 0 atom stereocenters. The van der Waals surface area contributed by atoms with Crippen molar-refractivity contribution in [1.82, 2.24) is 14.8 Å². The van der Waals surface area contributed by atoms with E-state index in [1.165, 1.54) is 23.9 Å². The van der Waals surface area contributed by atoms with Gasteiger partial charge in [-0.2, -0.15) is 0 Å². The van der Waals surface area contributed by atoms with Crippen molar-refractivity contribution < 1.29 is 23.2 Å². The predicted molar refractivity (Wildman–Crippen MR) is 108 cm³/mol. The standard InChI is InChI=1S/C20H20N4O5S/c25-17(23-7-9-24(10-8-23)19(27)16-4-2-12-29-16)6-5-14-13-30-20(21-14)22-18(26)15-3-1-11-28-15/h1-4,11-13H,5-10H2,(H,21,22,26). The van der Waals surface area contributed by atoms with E-state index in [0.717, 1.165) is 5.69 Å². The number of aromatic nitrogens is 1. The first-order valence-electron chi connectivity index (χ1n) is 9.50. The molecule has 0 saturated carbocycles. The van der Waals surface area contributed by atoms with Crippen molar-refractivity contribution in [2.75, 3.05) is 31.5 Å². The second-order valence-electron chi connectivity index (χ2n) is 6.73. The first kappa shape index (κ1) is 19.9. The van der Waals surface area contributed by atoms with Gasteiger partial charge in [0.15, 0.2) is 16.7 Å². The molecule has 0 radical (unpaired) electrons. The van der Waals surface area contributed by atoms with Gasteiger partial charge < -0.3 is 18.6 Å². The van der Waals surface area contributed by atoms with Crippen molar-refractivity contribution >= 4 is 34.2 Å². The maximum atomic E-state index is 12.5. The number of amides is 3. The van der Waals surface area contributed by atoms with E-state index in [-0.39, 0.29) is 23.5 Å². The lowest BCUT2D eigenvalue weighted by Crippen LogP contribution is -2.50. The van der Waals surface area contributed by atoms with Crippen LogP contribution in [0.25, 0.3) is 0 Å². The highest BCUT2D eigenvalue weighted by Crippen LogP contribution is 2.18. The number of furan rings is 2. The fourth-order valence-corrected chi connectivity index (χ4v) is 3.89. The number of anilines is 1. The molecule has 4 rings (SSSR count). The Bertz CT molecular complexity index is 1000. The van der Waals surface area contributed by atoms with Crippen LogP contribution in [0.5, 0.6) is 0 Å². The molecule has 3 aromatic heterocycles. The number of thiazole rings is 1. The summed E-state index contributed by atoms with van der Waals surface area (Å²) >= 11 is 1.30. The number of carbonyl (C=O) groups is 3. The highest BCUT2D eigenvalue weighted by molar-refractivity contribution is 7.13. The summed E-state index contributed by atoms with van der Waals surface area (Å²) in [5, 5.41) is 4.96. The minimum Gasteiger partial charge on any atom is -0.459 e. The molecule has 1 fully saturated rings. The van der Waals surface area contributed by atoms with Crippen LogP contribution in [0.3, 0.4) is 0 Å². The van der Waals surface area contributed by atoms with Gasteiger partial charge in [0.1, 0.15) is 0 Å². The van der Waals surface area contributed by atoms with Gasteiger partial charge in [-0.15, -0.1) is 11.3 Å². The lowest BCUT2D eigenvalue weighted by Gasteiger charge is -2.34. The maximum absolute atomic E-state index is 12.5. The first-order chi connectivity index (χ1) is 14.6. The van der Waals surface area contributed by atoms with E-state index in [0.29, 0.717) is 49.9 Å². The Morgan fingerprint density at radius 1 is 1.00 bits per heavy atom. The molecule has 0 bridgehead atoms. The van der Waals surface area contributed by atoms with Crippen LogP contribution in [-0.4, -0.2) is 58.7 Å². The van der Waals surface area contributed by atoms with Crippen LogP contribution in [0, 0.1) is 0 Å². The topological polar surface area (TPSA) is 109 Å². The van der Waals surface area contributed by atoms with Crippen LogP contribution in [0.2, 0.25) is 0 Å². The van der Waals surface area contributed by atoms with Gasteiger partial charge in [0, 0.05) is 38.0 Å². The van der Waals surface area contributed by atoms with E-state index >= 15 is 0 Å². The number of aryl methyl sites for hydroxylation is 1. The molecule has 9 nitrogen and oxygen atoms in total. The molecule has 0 unspecified atom stereocenters. The molecule has 0 spiro atoms. The highest BCUT2D eigenvalue weighted by atomic mass is 32.1. The lowest BCUT2D eigenvalue weighted by molar-refractivity contribution is -0.132. The predicted octanol–water partition coefficient (Wildman–Crippen LogP) is 2.50. The summed E-state index contributed by atoms with van der Waals surface area (Å²) in [6.07, 6.45) is 3.71. The summed E-state index contributed by atoms with van der Waals surface area (Å²) in [7, 11) is 0. The van der Waals surface area contributed by atoms with Crippen LogP contribution in [-0.2, 0) is 11.2 Å². The number of hydrogen-bond acceptors (Lipinski definition) is 7. The third-order valence-corrected chi connectivity index (χ3v) is 5.57. The fraction of sp³-hybridized carbons (Fsp3) is 0.300. The van der Waals surface area contributed by atoms with Gasteiger partial charge in [0.25, 0.3) is 11.8 Å². The van der Waals surface area contributed by atoms with Gasteiger partial charge in [-0.3, -0.25) is 19.7 Å². The van der Waals surface area contributed by atoms with Crippen molar-refractivity contribution in [1.29, 1.82) is 0 Å². The number of piperazine rings is 1. The van der Waals surface area contributed by atoms with Gasteiger partial charge in [0.2, 0.25) is 5.91 Å². The zero-order valence-electron chi connectivity index (χ0n) is 16.1. The quantitative estimate of drug-likeness (QED) is 0.646. The highest BCUT2D eigenvalue weighted by Gasteiger charge is 2.26. The van der Waals surface area contributed by atoms with Gasteiger partial charge in [0.05, 0.1) is 18.2 Å². The fourth-order valence-electron chi connectivity index (χ4n) is 3.15. The Morgan fingerprint density at radius 3 is 2.33 bits per heavy atom. The molecule has 30 heavy (non-hydrogen) atoms. The van der Waals surface area contributed by atoms with E-state index in [1.807, 2.05) is 5.38 Å². The number of hydrogen-bond donors (Lipinski definition) is 1. The second-order valence-corrected chi connectivity index (χ2v) is 7.58. The van der Waals surface area contributed by atoms with E-state index in [2.05, 4.69) is 10.3 Å². The summed E-state index contributed by atoms with van der Waals surface area (Å²) in [5.74, 6) is 0.0340. The van der Waals surface area contributed by atoms with E-state index < -0.39 is 0 Å². The monoisotopic (exact) mass is 428 g/mol. The molecule has 1 aliphatic heterocycles. The SMILES string of the molecule is O=C(Nc1nc(CCC(=O)N2CCN(C(=O)c3ccco3)CC2)cs1)c1ccco1. The molecule has 1 saturated heterocycles. The summed E-state index contributed by atoms with van der Waals surface area (Å²) < 4.78 is 10.2. The smallest absolute Gasteiger partial charge is 0.293 e. The first-order valence-corrected chi connectivity index (χ1v) is 10.4. The molecule has 0 aromatic carbocycles. The lowest BCUT2D eigenvalue weighted by atomic mass is 10.2. The van der Waals surface area contributed by atoms with Crippen LogP contribution in [0.1, 0.15) is 33.2 Å². The van der Waals surface area contributed by atoms with Crippen molar-refractivity contribution in [2.45, 2.75) is 12.8 Å².